The second kappa shape index (κ2) is 4.63. The van der Waals surface area contributed by atoms with Crippen LogP contribution in [0.2, 0.25) is 0 Å². The van der Waals surface area contributed by atoms with E-state index in [0.717, 1.165) is 6.42 Å². The molecule has 1 saturated heterocycles. The molecule has 4 unspecified atom stereocenters. The molecule has 2 fully saturated rings. The highest BCUT2D eigenvalue weighted by Gasteiger charge is 2.61. The molecule has 5 nitrogen and oxygen atoms in total. The Hall–Kier alpha value is -1.36. The van der Waals surface area contributed by atoms with Gasteiger partial charge in [0.25, 0.3) is 0 Å². The van der Waals surface area contributed by atoms with Crippen molar-refractivity contribution in [2.24, 2.45) is 17.3 Å². The summed E-state index contributed by atoms with van der Waals surface area (Å²) in [6.45, 7) is 2.89. The lowest BCUT2D eigenvalue weighted by molar-refractivity contribution is -0.174. The van der Waals surface area contributed by atoms with Crippen LogP contribution in [0.4, 0.5) is 0 Å². The van der Waals surface area contributed by atoms with Gasteiger partial charge in [0.05, 0.1) is 13.2 Å². The van der Waals surface area contributed by atoms with Crippen LogP contribution in [0.25, 0.3) is 0 Å². The van der Waals surface area contributed by atoms with Crippen molar-refractivity contribution in [3.05, 3.63) is 12.2 Å². The van der Waals surface area contributed by atoms with Crippen molar-refractivity contribution in [3.8, 4) is 0 Å². The van der Waals surface area contributed by atoms with Crippen LogP contribution in [-0.4, -0.2) is 37.9 Å². The molecule has 1 heterocycles. The largest absolute Gasteiger partial charge is 0.465 e. The zero-order valence-electron chi connectivity index (χ0n) is 11.0. The molecule has 104 valence electrons. The Balaban J connectivity index is 1.77. The van der Waals surface area contributed by atoms with Gasteiger partial charge in [-0.1, -0.05) is 12.2 Å². The van der Waals surface area contributed by atoms with Gasteiger partial charge in [0, 0.05) is 5.92 Å². The van der Waals surface area contributed by atoms with E-state index in [9.17, 15) is 9.59 Å². The molecule has 0 radical (unpaired) electrons. The van der Waals surface area contributed by atoms with Gasteiger partial charge >= 0.3 is 11.9 Å². The first kappa shape index (κ1) is 12.7. The van der Waals surface area contributed by atoms with Gasteiger partial charge in [-0.15, -0.1) is 0 Å². The first-order valence-electron chi connectivity index (χ1n) is 6.81. The molecule has 1 saturated carbocycles. The second-order valence-electron chi connectivity index (χ2n) is 5.44. The topological polar surface area (TPSA) is 65.1 Å². The van der Waals surface area contributed by atoms with Crippen LogP contribution in [0.5, 0.6) is 0 Å². The third-order valence-electron chi connectivity index (χ3n) is 4.20. The lowest BCUT2D eigenvalue weighted by Crippen LogP contribution is -2.45. The molecule has 4 atom stereocenters. The minimum Gasteiger partial charge on any atom is -0.465 e. The summed E-state index contributed by atoms with van der Waals surface area (Å²) in [4.78, 5) is 24.7. The number of carbonyl (C=O) groups excluding carboxylic acids is 2. The zero-order chi connectivity index (χ0) is 13.5. The Morgan fingerprint density at radius 2 is 2.05 bits per heavy atom. The molecule has 0 amide bonds. The lowest BCUT2D eigenvalue weighted by Gasteiger charge is -2.30. The van der Waals surface area contributed by atoms with Gasteiger partial charge < -0.3 is 14.2 Å². The summed E-state index contributed by atoms with van der Waals surface area (Å²) >= 11 is 0. The van der Waals surface area contributed by atoms with Crippen molar-refractivity contribution in [1.82, 2.24) is 0 Å². The van der Waals surface area contributed by atoms with Crippen LogP contribution in [0.15, 0.2) is 12.2 Å². The molecule has 1 aliphatic heterocycles. The number of allylic oxidation sites excluding steroid dienone is 2. The van der Waals surface area contributed by atoms with Gasteiger partial charge in [-0.3, -0.25) is 9.59 Å². The van der Waals surface area contributed by atoms with Crippen LogP contribution in [0.3, 0.4) is 0 Å². The van der Waals surface area contributed by atoms with E-state index in [1.807, 2.05) is 6.08 Å². The number of hydrogen-bond acceptors (Lipinski definition) is 5. The van der Waals surface area contributed by atoms with Crippen molar-refractivity contribution in [2.75, 3.05) is 19.8 Å². The Morgan fingerprint density at radius 3 is 2.58 bits per heavy atom. The highest BCUT2D eigenvalue weighted by molar-refractivity contribution is 6.01. The molecule has 0 aromatic carbocycles. The standard InChI is InChI=1S/C14H18O5/c1-2-17-12(15)14(6-9-3-4-10(14)5-9)13(16)19-8-11-7-18-11/h3-4,9-11H,2,5-8H2,1H3. The first-order chi connectivity index (χ1) is 9.16. The minimum atomic E-state index is -1.12. The second-order valence-corrected chi connectivity index (χ2v) is 5.44. The van der Waals surface area contributed by atoms with Crippen LogP contribution < -0.4 is 0 Å². The van der Waals surface area contributed by atoms with E-state index in [1.165, 1.54) is 0 Å². The summed E-state index contributed by atoms with van der Waals surface area (Å²) in [6, 6.07) is 0. The van der Waals surface area contributed by atoms with E-state index < -0.39 is 17.4 Å². The Bertz CT molecular complexity index is 426. The Kier molecular flexibility index (Phi) is 3.09. The average Bonchev–Trinajstić information content (AvgIpc) is 3.01. The molecule has 0 aromatic heterocycles. The summed E-state index contributed by atoms with van der Waals surface area (Å²) in [6.07, 6.45) is 5.40. The van der Waals surface area contributed by atoms with E-state index in [0.29, 0.717) is 18.9 Å². The van der Waals surface area contributed by atoms with Crippen molar-refractivity contribution in [2.45, 2.75) is 25.9 Å². The predicted octanol–water partition coefficient (Wildman–Crippen LogP) is 1.07. The fraction of sp³-hybridized carbons (Fsp3) is 0.714. The Labute approximate surface area is 111 Å². The summed E-state index contributed by atoms with van der Waals surface area (Å²) in [5.41, 5.74) is -1.12. The highest BCUT2D eigenvalue weighted by atomic mass is 16.6. The maximum absolute atomic E-state index is 12.4. The molecule has 3 rings (SSSR count). The predicted molar refractivity (Wildman–Crippen MR) is 65.1 cm³/mol. The van der Waals surface area contributed by atoms with Gasteiger partial charge in [-0.2, -0.15) is 0 Å². The number of rotatable bonds is 5. The smallest absolute Gasteiger partial charge is 0.324 e. The molecule has 0 N–H and O–H groups in total. The summed E-state index contributed by atoms with van der Waals surface area (Å²) < 4.78 is 15.4. The quantitative estimate of drug-likeness (QED) is 0.322. The first-order valence-corrected chi connectivity index (χ1v) is 6.81. The van der Waals surface area contributed by atoms with Crippen LogP contribution in [0, 0.1) is 17.3 Å². The van der Waals surface area contributed by atoms with Crippen molar-refractivity contribution in [1.29, 1.82) is 0 Å². The minimum absolute atomic E-state index is 0.0114. The van der Waals surface area contributed by atoms with Crippen molar-refractivity contribution < 1.29 is 23.8 Å². The van der Waals surface area contributed by atoms with Gasteiger partial charge in [-0.05, 0) is 25.7 Å². The molecular formula is C14H18O5. The maximum atomic E-state index is 12.4. The molecule has 3 aliphatic rings. The van der Waals surface area contributed by atoms with Gasteiger partial charge in [0.1, 0.15) is 12.7 Å². The maximum Gasteiger partial charge on any atom is 0.324 e. The molecule has 5 heteroatoms. The van der Waals surface area contributed by atoms with E-state index in [1.54, 1.807) is 6.92 Å². The molecule has 2 bridgehead atoms. The fourth-order valence-electron chi connectivity index (χ4n) is 3.13. The van der Waals surface area contributed by atoms with Crippen LogP contribution >= 0.6 is 0 Å². The molecule has 19 heavy (non-hydrogen) atoms. The molecule has 0 spiro atoms. The Morgan fingerprint density at radius 1 is 1.32 bits per heavy atom. The lowest BCUT2D eigenvalue weighted by atomic mass is 9.75. The number of hydrogen-bond donors (Lipinski definition) is 0. The number of carbonyl (C=O) groups is 2. The van der Waals surface area contributed by atoms with Crippen LogP contribution in [-0.2, 0) is 23.8 Å². The van der Waals surface area contributed by atoms with E-state index in [2.05, 4.69) is 6.08 Å². The number of esters is 2. The number of epoxide rings is 1. The van der Waals surface area contributed by atoms with Gasteiger partial charge in [-0.25, -0.2) is 0 Å². The fourth-order valence-corrected chi connectivity index (χ4v) is 3.13. The summed E-state index contributed by atoms with van der Waals surface area (Å²) in [7, 11) is 0. The van der Waals surface area contributed by atoms with E-state index >= 15 is 0 Å². The average molecular weight is 266 g/mol. The highest BCUT2D eigenvalue weighted by Crippen LogP contribution is 2.53. The number of ether oxygens (including phenoxy) is 3. The summed E-state index contributed by atoms with van der Waals surface area (Å²) in [5.74, 6) is -0.671. The third-order valence-corrected chi connectivity index (χ3v) is 4.20. The van der Waals surface area contributed by atoms with E-state index in [-0.39, 0.29) is 25.2 Å². The number of fused-ring (bicyclic) bond motifs is 2. The monoisotopic (exact) mass is 266 g/mol. The van der Waals surface area contributed by atoms with Gasteiger partial charge in [0.2, 0.25) is 0 Å². The summed E-state index contributed by atoms with van der Waals surface area (Å²) in [5, 5.41) is 0. The van der Waals surface area contributed by atoms with Crippen molar-refractivity contribution in [3.63, 3.8) is 0 Å². The molecule has 2 aliphatic carbocycles. The van der Waals surface area contributed by atoms with Crippen LogP contribution in [0.1, 0.15) is 19.8 Å². The van der Waals surface area contributed by atoms with Gasteiger partial charge in [0.15, 0.2) is 5.41 Å². The zero-order valence-corrected chi connectivity index (χ0v) is 11.0. The SMILES string of the molecule is CCOC(=O)C1(C(=O)OCC2CO2)CC2C=CC1C2. The molecular weight excluding hydrogens is 248 g/mol. The normalized spacial score (nSPS) is 38.3. The van der Waals surface area contributed by atoms with Crippen molar-refractivity contribution >= 4 is 11.9 Å². The third kappa shape index (κ3) is 2.06. The molecule has 0 aromatic rings. The van der Waals surface area contributed by atoms with E-state index in [4.69, 9.17) is 14.2 Å².